The van der Waals surface area contributed by atoms with E-state index in [0.717, 1.165) is 39.3 Å². The van der Waals surface area contributed by atoms with Crippen LogP contribution in [0.4, 0.5) is 0 Å². The summed E-state index contributed by atoms with van der Waals surface area (Å²) in [6, 6.07) is 0.228. The number of likely N-dealkylation sites (N-methyl/N-ethyl adjacent to an activating group) is 1. The van der Waals surface area contributed by atoms with Gasteiger partial charge in [-0.25, -0.2) is 0 Å². The van der Waals surface area contributed by atoms with Crippen molar-refractivity contribution in [3.63, 3.8) is 0 Å². The Balaban J connectivity index is 2.10. The van der Waals surface area contributed by atoms with Crippen LogP contribution in [-0.4, -0.2) is 57.0 Å². The second-order valence-corrected chi connectivity index (χ2v) is 4.97. The zero-order valence-electron chi connectivity index (χ0n) is 10.8. The fraction of sp³-hybridized carbons (Fsp3) is 1.00. The van der Waals surface area contributed by atoms with E-state index in [1.165, 1.54) is 0 Å². The van der Waals surface area contributed by atoms with Gasteiger partial charge in [-0.1, -0.05) is 0 Å². The van der Waals surface area contributed by atoms with Crippen molar-refractivity contribution in [1.29, 1.82) is 0 Å². The minimum absolute atomic E-state index is 0.228. The topological polar surface area (TPSA) is 47.7 Å². The van der Waals surface area contributed by atoms with Gasteiger partial charge in [0.1, 0.15) is 0 Å². The van der Waals surface area contributed by atoms with Gasteiger partial charge in [-0.15, -0.1) is 0 Å². The second kappa shape index (κ2) is 7.22. The molecule has 16 heavy (non-hydrogen) atoms. The van der Waals surface area contributed by atoms with Gasteiger partial charge in [-0.05, 0) is 27.3 Å². The van der Waals surface area contributed by atoms with Gasteiger partial charge in [0, 0.05) is 31.7 Å². The van der Waals surface area contributed by atoms with Gasteiger partial charge in [0.15, 0.2) is 0 Å². The molecule has 0 radical (unpaired) electrons. The fourth-order valence-corrected chi connectivity index (χ4v) is 1.93. The van der Waals surface area contributed by atoms with Crippen molar-refractivity contribution in [2.24, 2.45) is 11.7 Å². The van der Waals surface area contributed by atoms with Crippen LogP contribution in [0.2, 0.25) is 0 Å². The van der Waals surface area contributed by atoms with Crippen LogP contribution in [0.15, 0.2) is 0 Å². The van der Waals surface area contributed by atoms with Crippen molar-refractivity contribution in [3.8, 4) is 0 Å². The molecular formula is C12H26N2O2. The quantitative estimate of drug-likeness (QED) is 0.699. The predicted molar refractivity (Wildman–Crippen MR) is 65.5 cm³/mol. The van der Waals surface area contributed by atoms with E-state index in [-0.39, 0.29) is 6.04 Å². The smallest absolute Gasteiger partial charge is 0.0596 e. The summed E-state index contributed by atoms with van der Waals surface area (Å²) in [7, 11) is 2.10. The van der Waals surface area contributed by atoms with Crippen LogP contribution in [0.5, 0.6) is 0 Å². The monoisotopic (exact) mass is 230 g/mol. The molecule has 1 aliphatic heterocycles. The van der Waals surface area contributed by atoms with Gasteiger partial charge < -0.3 is 20.1 Å². The van der Waals surface area contributed by atoms with Crippen LogP contribution in [0.25, 0.3) is 0 Å². The lowest BCUT2D eigenvalue weighted by molar-refractivity contribution is 0.0616. The van der Waals surface area contributed by atoms with Gasteiger partial charge in [0.05, 0.1) is 19.3 Å². The standard InChI is InChI=1S/C12H26N2O2/c1-10(2)16-7-5-14(3)8-12(13)11-4-6-15-9-11/h10-12H,4-9,13H2,1-3H3. The molecule has 0 aromatic carbocycles. The van der Waals surface area contributed by atoms with E-state index < -0.39 is 0 Å². The summed E-state index contributed by atoms with van der Waals surface area (Å²) < 4.78 is 10.9. The predicted octanol–water partition coefficient (Wildman–Crippen LogP) is 0.707. The molecule has 0 saturated carbocycles. The zero-order chi connectivity index (χ0) is 12.0. The molecule has 1 aliphatic rings. The first kappa shape index (κ1) is 13.9. The highest BCUT2D eigenvalue weighted by molar-refractivity contribution is 4.78. The number of nitrogens with two attached hydrogens (primary N) is 1. The maximum absolute atomic E-state index is 6.15. The first-order chi connectivity index (χ1) is 7.59. The average Bonchev–Trinajstić information content (AvgIpc) is 2.69. The van der Waals surface area contributed by atoms with Gasteiger partial charge in [0.2, 0.25) is 0 Å². The SMILES string of the molecule is CC(C)OCCN(C)CC(N)C1CCOC1. The number of ether oxygens (including phenoxy) is 2. The fourth-order valence-electron chi connectivity index (χ4n) is 1.93. The van der Waals surface area contributed by atoms with Crippen LogP contribution in [0.1, 0.15) is 20.3 Å². The highest BCUT2D eigenvalue weighted by Crippen LogP contribution is 2.15. The number of hydrogen-bond acceptors (Lipinski definition) is 4. The third kappa shape index (κ3) is 5.25. The Labute approximate surface area is 99.1 Å². The van der Waals surface area contributed by atoms with E-state index in [4.69, 9.17) is 15.2 Å². The summed E-state index contributed by atoms with van der Waals surface area (Å²) in [5.74, 6) is 0.536. The Hall–Kier alpha value is -0.160. The summed E-state index contributed by atoms with van der Waals surface area (Å²) in [5, 5.41) is 0. The van der Waals surface area contributed by atoms with E-state index >= 15 is 0 Å². The Bertz CT molecular complexity index is 182. The number of hydrogen-bond donors (Lipinski definition) is 1. The molecule has 0 aromatic heterocycles. The molecule has 0 amide bonds. The molecule has 2 N–H and O–H groups in total. The highest BCUT2D eigenvalue weighted by Gasteiger charge is 2.23. The Morgan fingerprint density at radius 3 is 2.81 bits per heavy atom. The maximum atomic E-state index is 6.15. The minimum Gasteiger partial charge on any atom is -0.381 e. The summed E-state index contributed by atoms with van der Waals surface area (Å²) in [4.78, 5) is 2.24. The molecule has 1 fully saturated rings. The first-order valence-electron chi connectivity index (χ1n) is 6.23. The molecule has 1 saturated heterocycles. The van der Waals surface area contributed by atoms with Crippen molar-refractivity contribution in [3.05, 3.63) is 0 Å². The summed E-state index contributed by atoms with van der Waals surface area (Å²) >= 11 is 0. The van der Waals surface area contributed by atoms with E-state index in [2.05, 4.69) is 25.8 Å². The molecule has 96 valence electrons. The molecule has 4 nitrogen and oxygen atoms in total. The van der Waals surface area contributed by atoms with Gasteiger partial charge >= 0.3 is 0 Å². The zero-order valence-corrected chi connectivity index (χ0v) is 10.8. The Morgan fingerprint density at radius 1 is 1.50 bits per heavy atom. The molecular weight excluding hydrogens is 204 g/mol. The average molecular weight is 230 g/mol. The summed E-state index contributed by atoms with van der Waals surface area (Å²) in [6.07, 6.45) is 1.42. The third-order valence-electron chi connectivity index (χ3n) is 3.02. The van der Waals surface area contributed by atoms with Crippen LogP contribution < -0.4 is 5.73 Å². The van der Waals surface area contributed by atoms with E-state index in [9.17, 15) is 0 Å². The maximum Gasteiger partial charge on any atom is 0.0596 e. The lowest BCUT2D eigenvalue weighted by Gasteiger charge is -2.24. The van der Waals surface area contributed by atoms with Gasteiger partial charge in [-0.3, -0.25) is 0 Å². The van der Waals surface area contributed by atoms with Crippen molar-refractivity contribution in [2.75, 3.05) is 40.0 Å². The van der Waals surface area contributed by atoms with Crippen LogP contribution in [-0.2, 0) is 9.47 Å². The lowest BCUT2D eigenvalue weighted by atomic mass is 10.00. The van der Waals surface area contributed by atoms with E-state index in [0.29, 0.717) is 12.0 Å². The third-order valence-corrected chi connectivity index (χ3v) is 3.02. The first-order valence-corrected chi connectivity index (χ1v) is 6.23. The van der Waals surface area contributed by atoms with E-state index in [1.807, 2.05) is 0 Å². The van der Waals surface area contributed by atoms with Crippen molar-refractivity contribution in [1.82, 2.24) is 4.90 Å². The molecule has 4 heteroatoms. The van der Waals surface area contributed by atoms with Crippen molar-refractivity contribution in [2.45, 2.75) is 32.4 Å². The molecule has 1 heterocycles. The van der Waals surface area contributed by atoms with Crippen molar-refractivity contribution >= 4 is 0 Å². The lowest BCUT2D eigenvalue weighted by Crippen LogP contribution is -2.42. The Kier molecular flexibility index (Phi) is 6.28. The van der Waals surface area contributed by atoms with Crippen LogP contribution >= 0.6 is 0 Å². The highest BCUT2D eigenvalue weighted by atomic mass is 16.5. The molecule has 0 aromatic rings. The largest absolute Gasteiger partial charge is 0.381 e. The van der Waals surface area contributed by atoms with Crippen molar-refractivity contribution < 1.29 is 9.47 Å². The number of nitrogens with zero attached hydrogens (tertiary/aromatic N) is 1. The second-order valence-electron chi connectivity index (χ2n) is 4.97. The normalized spacial score (nSPS) is 23.2. The van der Waals surface area contributed by atoms with E-state index in [1.54, 1.807) is 0 Å². The molecule has 1 rings (SSSR count). The van der Waals surface area contributed by atoms with Gasteiger partial charge in [-0.2, -0.15) is 0 Å². The molecule has 0 aliphatic carbocycles. The van der Waals surface area contributed by atoms with Crippen LogP contribution in [0.3, 0.4) is 0 Å². The summed E-state index contributed by atoms with van der Waals surface area (Å²) in [5.41, 5.74) is 6.15. The molecule has 0 bridgehead atoms. The van der Waals surface area contributed by atoms with Crippen LogP contribution in [0, 0.1) is 5.92 Å². The summed E-state index contributed by atoms with van der Waals surface area (Å²) in [6.45, 7) is 8.47. The minimum atomic E-state index is 0.228. The van der Waals surface area contributed by atoms with Gasteiger partial charge in [0.25, 0.3) is 0 Å². The molecule has 2 unspecified atom stereocenters. The molecule has 2 atom stereocenters. The number of rotatable bonds is 7. The Morgan fingerprint density at radius 2 is 2.25 bits per heavy atom. The molecule has 0 spiro atoms.